The molecule has 196 valence electrons. The van der Waals surface area contributed by atoms with Crippen molar-refractivity contribution in [3.8, 4) is 0 Å². The number of likely N-dealkylation sites (tertiary alicyclic amines) is 2. The molecule has 10 heteroatoms. The monoisotopic (exact) mass is 490 g/mol. The first-order valence-corrected chi connectivity index (χ1v) is 12.8. The third-order valence-electron chi connectivity index (χ3n) is 6.58. The minimum absolute atomic E-state index is 0.0235. The fourth-order valence-electron chi connectivity index (χ4n) is 4.70. The van der Waals surface area contributed by atoms with Crippen LogP contribution in [0.25, 0.3) is 0 Å². The SMILES string of the molecule is CC(C)n1nccc1NC(=O)[C@@H](C)N1CCC[C@H](NC(=O)[C@H]2CCCN(C(=O)OC(C)(C)C)C2)C1. The Morgan fingerprint density at radius 3 is 2.49 bits per heavy atom. The number of nitrogens with one attached hydrogen (secondary N) is 2. The summed E-state index contributed by atoms with van der Waals surface area (Å²) in [5, 5.41) is 10.4. The van der Waals surface area contributed by atoms with Crippen molar-refractivity contribution in [1.82, 2.24) is 24.9 Å². The lowest BCUT2D eigenvalue weighted by Crippen LogP contribution is -2.55. The van der Waals surface area contributed by atoms with Crippen LogP contribution in [0.15, 0.2) is 12.3 Å². The summed E-state index contributed by atoms with van der Waals surface area (Å²) in [7, 11) is 0. The molecule has 0 aliphatic carbocycles. The fraction of sp³-hybridized carbons (Fsp3) is 0.760. The van der Waals surface area contributed by atoms with Crippen LogP contribution in [-0.4, -0.2) is 81.4 Å². The number of hydrogen-bond acceptors (Lipinski definition) is 6. The molecule has 2 aliphatic rings. The highest BCUT2D eigenvalue weighted by molar-refractivity contribution is 5.93. The van der Waals surface area contributed by atoms with Crippen LogP contribution in [0.2, 0.25) is 0 Å². The Kier molecular flexibility index (Phi) is 8.79. The maximum Gasteiger partial charge on any atom is 0.410 e. The Hall–Kier alpha value is -2.62. The Morgan fingerprint density at radius 2 is 1.80 bits per heavy atom. The third-order valence-corrected chi connectivity index (χ3v) is 6.58. The number of ether oxygens (including phenoxy) is 1. The summed E-state index contributed by atoms with van der Waals surface area (Å²) >= 11 is 0. The lowest BCUT2D eigenvalue weighted by Gasteiger charge is -2.38. The van der Waals surface area contributed by atoms with Gasteiger partial charge in [-0.15, -0.1) is 0 Å². The number of hydrogen-bond donors (Lipinski definition) is 2. The Bertz CT molecular complexity index is 893. The predicted octanol–water partition coefficient (Wildman–Crippen LogP) is 3.02. The van der Waals surface area contributed by atoms with E-state index in [4.69, 9.17) is 4.74 Å². The smallest absolute Gasteiger partial charge is 0.410 e. The van der Waals surface area contributed by atoms with Gasteiger partial charge in [-0.25, -0.2) is 9.48 Å². The fourth-order valence-corrected chi connectivity index (χ4v) is 4.70. The molecule has 0 aromatic carbocycles. The molecule has 35 heavy (non-hydrogen) atoms. The number of carbonyl (C=O) groups is 3. The third kappa shape index (κ3) is 7.43. The van der Waals surface area contributed by atoms with Crippen molar-refractivity contribution in [2.45, 2.75) is 91.0 Å². The molecule has 0 radical (unpaired) electrons. The molecule has 1 aromatic heterocycles. The highest BCUT2D eigenvalue weighted by Crippen LogP contribution is 2.21. The summed E-state index contributed by atoms with van der Waals surface area (Å²) in [6.45, 7) is 13.9. The molecule has 10 nitrogen and oxygen atoms in total. The average molecular weight is 491 g/mol. The van der Waals surface area contributed by atoms with E-state index in [-0.39, 0.29) is 42.0 Å². The van der Waals surface area contributed by atoms with E-state index < -0.39 is 5.60 Å². The first kappa shape index (κ1) is 27.0. The van der Waals surface area contributed by atoms with Gasteiger partial charge in [0.2, 0.25) is 11.8 Å². The largest absolute Gasteiger partial charge is 0.444 e. The Balaban J connectivity index is 1.52. The lowest BCUT2D eigenvalue weighted by molar-refractivity contribution is -0.127. The second kappa shape index (κ2) is 11.4. The van der Waals surface area contributed by atoms with Crippen molar-refractivity contribution in [1.29, 1.82) is 0 Å². The van der Waals surface area contributed by atoms with E-state index >= 15 is 0 Å². The molecule has 3 atom stereocenters. The molecular formula is C25H42N6O4. The summed E-state index contributed by atoms with van der Waals surface area (Å²) in [5.41, 5.74) is -0.560. The summed E-state index contributed by atoms with van der Waals surface area (Å²) < 4.78 is 7.27. The maximum absolute atomic E-state index is 13.0. The molecule has 3 rings (SSSR count). The van der Waals surface area contributed by atoms with Crippen LogP contribution in [-0.2, 0) is 14.3 Å². The molecule has 0 bridgehead atoms. The highest BCUT2D eigenvalue weighted by Gasteiger charge is 2.33. The van der Waals surface area contributed by atoms with Crippen LogP contribution in [0, 0.1) is 5.92 Å². The van der Waals surface area contributed by atoms with Gasteiger partial charge in [0, 0.05) is 37.8 Å². The van der Waals surface area contributed by atoms with Crippen LogP contribution < -0.4 is 10.6 Å². The number of rotatable bonds is 6. The second-order valence-electron chi connectivity index (χ2n) is 11.0. The summed E-state index contributed by atoms with van der Waals surface area (Å²) in [6, 6.07) is 1.59. The van der Waals surface area contributed by atoms with E-state index in [9.17, 15) is 14.4 Å². The number of nitrogens with zero attached hydrogens (tertiary/aromatic N) is 4. The van der Waals surface area contributed by atoms with Crippen molar-refractivity contribution in [2.24, 2.45) is 5.92 Å². The number of aromatic nitrogens is 2. The molecule has 0 saturated carbocycles. The van der Waals surface area contributed by atoms with Gasteiger partial charge in [0.25, 0.3) is 0 Å². The number of anilines is 1. The molecule has 2 N–H and O–H groups in total. The van der Waals surface area contributed by atoms with Crippen LogP contribution in [0.4, 0.5) is 10.6 Å². The topological polar surface area (TPSA) is 109 Å². The molecule has 1 aromatic rings. The quantitative estimate of drug-likeness (QED) is 0.635. The molecule has 3 amide bonds. The number of amides is 3. The zero-order chi connectivity index (χ0) is 25.8. The molecular weight excluding hydrogens is 448 g/mol. The van der Waals surface area contributed by atoms with Gasteiger partial charge in [-0.1, -0.05) is 0 Å². The lowest BCUT2D eigenvalue weighted by atomic mass is 9.96. The normalized spacial score (nSPS) is 22.5. The van der Waals surface area contributed by atoms with Crippen molar-refractivity contribution in [3.05, 3.63) is 12.3 Å². The van der Waals surface area contributed by atoms with E-state index in [0.717, 1.165) is 32.2 Å². The zero-order valence-electron chi connectivity index (χ0n) is 22.0. The van der Waals surface area contributed by atoms with Crippen LogP contribution in [0.1, 0.15) is 73.3 Å². The molecule has 0 unspecified atom stereocenters. The van der Waals surface area contributed by atoms with Crippen molar-refractivity contribution in [2.75, 3.05) is 31.5 Å². The maximum atomic E-state index is 13.0. The standard InChI is InChI=1S/C25H42N6O4/c1-17(2)31-21(11-12-26-31)28-22(32)18(3)29-13-8-10-20(16-29)27-23(33)19-9-7-14-30(15-19)24(34)35-25(4,5)6/h11-12,17-20H,7-10,13-16H2,1-6H3,(H,27,33)(H,28,32)/t18-,19+,20+/m1/s1. The van der Waals surface area contributed by atoms with Gasteiger partial charge in [-0.3, -0.25) is 14.5 Å². The van der Waals surface area contributed by atoms with Crippen molar-refractivity contribution < 1.29 is 19.1 Å². The van der Waals surface area contributed by atoms with E-state index in [1.54, 1.807) is 21.8 Å². The molecule has 0 spiro atoms. The van der Waals surface area contributed by atoms with Crippen molar-refractivity contribution in [3.63, 3.8) is 0 Å². The van der Waals surface area contributed by atoms with Gasteiger partial charge in [-0.2, -0.15) is 5.10 Å². The number of piperidine rings is 2. The minimum atomic E-state index is -0.560. The zero-order valence-corrected chi connectivity index (χ0v) is 22.0. The summed E-state index contributed by atoms with van der Waals surface area (Å²) in [4.78, 5) is 42.2. The highest BCUT2D eigenvalue weighted by atomic mass is 16.6. The van der Waals surface area contributed by atoms with E-state index in [0.29, 0.717) is 25.5 Å². The molecule has 2 saturated heterocycles. The van der Waals surface area contributed by atoms with Gasteiger partial charge < -0.3 is 20.3 Å². The van der Waals surface area contributed by atoms with Gasteiger partial charge >= 0.3 is 6.09 Å². The van der Waals surface area contributed by atoms with Gasteiger partial charge in [0.1, 0.15) is 11.4 Å². The van der Waals surface area contributed by atoms with Gasteiger partial charge in [-0.05, 0) is 73.8 Å². The summed E-state index contributed by atoms with van der Waals surface area (Å²) in [6.07, 6.45) is 4.63. The predicted molar refractivity (Wildman–Crippen MR) is 134 cm³/mol. The Labute approximate surface area is 208 Å². The second-order valence-corrected chi connectivity index (χ2v) is 11.0. The van der Waals surface area contributed by atoms with Crippen molar-refractivity contribution >= 4 is 23.7 Å². The van der Waals surface area contributed by atoms with Crippen LogP contribution >= 0.6 is 0 Å². The summed E-state index contributed by atoms with van der Waals surface area (Å²) in [5.74, 6) is 0.331. The molecule has 2 aliphatic heterocycles. The van der Waals surface area contributed by atoms with Gasteiger partial charge in [0.05, 0.1) is 18.2 Å². The van der Waals surface area contributed by atoms with E-state index in [1.807, 2.05) is 41.5 Å². The van der Waals surface area contributed by atoms with E-state index in [1.165, 1.54) is 0 Å². The Morgan fingerprint density at radius 1 is 1.09 bits per heavy atom. The average Bonchev–Trinajstić information content (AvgIpc) is 3.26. The minimum Gasteiger partial charge on any atom is -0.444 e. The first-order valence-electron chi connectivity index (χ1n) is 12.8. The van der Waals surface area contributed by atoms with Crippen LogP contribution in [0.3, 0.4) is 0 Å². The van der Waals surface area contributed by atoms with Gasteiger partial charge in [0.15, 0.2) is 0 Å². The van der Waals surface area contributed by atoms with Crippen LogP contribution in [0.5, 0.6) is 0 Å². The number of carbonyl (C=O) groups excluding carboxylic acids is 3. The first-order chi connectivity index (χ1) is 16.4. The molecule has 3 heterocycles. The molecule has 2 fully saturated rings. The van der Waals surface area contributed by atoms with E-state index in [2.05, 4.69) is 20.6 Å².